The van der Waals surface area contributed by atoms with Gasteiger partial charge in [0.2, 0.25) is 11.8 Å². The van der Waals surface area contributed by atoms with Gasteiger partial charge in [0.05, 0.1) is 12.6 Å². The van der Waals surface area contributed by atoms with Crippen LogP contribution in [-0.2, 0) is 16.1 Å². The van der Waals surface area contributed by atoms with Gasteiger partial charge in [0.15, 0.2) is 5.96 Å². The summed E-state index contributed by atoms with van der Waals surface area (Å²) in [6.45, 7) is 1.28. The minimum absolute atomic E-state index is 0. The number of hydrogen-bond donors (Lipinski definition) is 2. The van der Waals surface area contributed by atoms with Crippen LogP contribution in [0.3, 0.4) is 0 Å². The zero-order valence-corrected chi connectivity index (χ0v) is 21.2. The van der Waals surface area contributed by atoms with Gasteiger partial charge in [-0.25, -0.2) is 4.99 Å². The molecule has 1 saturated heterocycles. The highest BCUT2D eigenvalue weighted by Crippen LogP contribution is 2.36. The number of amides is 2. The first kappa shape index (κ1) is 25.1. The molecule has 0 spiro atoms. The molecule has 2 atom stereocenters. The van der Waals surface area contributed by atoms with Crippen molar-refractivity contribution in [1.29, 1.82) is 0 Å². The molecular weight excluding hydrogens is 525 g/mol. The quantitative estimate of drug-likeness (QED) is 0.313. The first-order valence-electron chi connectivity index (χ1n) is 10.0. The van der Waals surface area contributed by atoms with Crippen LogP contribution in [0.1, 0.15) is 22.9 Å². The third kappa shape index (κ3) is 6.93. The maximum absolute atomic E-state index is 12.4. The van der Waals surface area contributed by atoms with Gasteiger partial charge in [-0.1, -0.05) is 36.4 Å². The van der Waals surface area contributed by atoms with E-state index in [4.69, 9.17) is 0 Å². The molecular formula is C22H30IN5O2S. The van der Waals surface area contributed by atoms with Crippen LogP contribution < -0.4 is 10.6 Å². The summed E-state index contributed by atoms with van der Waals surface area (Å²) in [5, 5.41) is 8.68. The van der Waals surface area contributed by atoms with Crippen LogP contribution in [0.5, 0.6) is 0 Å². The molecule has 31 heavy (non-hydrogen) atoms. The standard InChI is InChI=1S/C22H29N5O2S.HI/c1-26(2)20(29)15-25-22(24-14-18-10-7-11-30-18)23-13-17-12-19(28)27(3)21(17)16-8-5-4-6-9-16;/h4-11,17,21H,12-15H2,1-3H3,(H2,23,24,25);1H. The first-order valence-corrected chi connectivity index (χ1v) is 10.9. The molecule has 1 fully saturated rings. The average Bonchev–Trinajstić information content (AvgIpc) is 3.36. The van der Waals surface area contributed by atoms with Gasteiger partial charge in [-0.3, -0.25) is 9.59 Å². The van der Waals surface area contributed by atoms with E-state index in [0.717, 1.165) is 5.56 Å². The predicted molar refractivity (Wildman–Crippen MR) is 136 cm³/mol. The summed E-state index contributed by atoms with van der Waals surface area (Å²) in [5.74, 6) is 0.768. The second-order valence-electron chi connectivity index (χ2n) is 7.59. The lowest BCUT2D eigenvalue weighted by Gasteiger charge is -2.26. The number of nitrogens with one attached hydrogen (secondary N) is 2. The fourth-order valence-corrected chi connectivity index (χ4v) is 4.20. The molecule has 0 bridgehead atoms. The summed E-state index contributed by atoms with van der Waals surface area (Å²) in [4.78, 5) is 33.3. The average molecular weight is 555 g/mol. The van der Waals surface area contributed by atoms with E-state index in [-0.39, 0.29) is 54.3 Å². The normalized spacial score (nSPS) is 18.5. The number of likely N-dealkylation sites (tertiary alicyclic amines) is 1. The number of nitrogens with zero attached hydrogens (tertiary/aromatic N) is 3. The Balaban J connectivity index is 0.00000341. The molecule has 1 aromatic carbocycles. The second-order valence-corrected chi connectivity index (χ2v) is 8.62. The lowest BCUT2D eigenvalue weighted by Crippen LogP contribution is -2.41. The molecule has 1 aromatic heterocycles. The third-order valence-corrected chi connectivity index (χ3v) is 6.12. The summed E-state index contributed by atoms with van der Waals surface area (Å²) in [6, 6.07) is 14.2. The molecule has 0 radical (unpaired) electrons. The highest BCUT2D eigenvalue weighted by atomic mass is 127. The molecule has 9 heteroatoms. The Kier molecular flexibility index (Phi) is 9.76. The van der Waals surface area contributed by atoms with Crippen molar-refractivity contribution < 1.29 is 9.59 Å². The van der Waals surface area contributed by atoms with Crippen LogP contribution >= 0.6 is 35.3 Å². The van der Waals surface area contributed by atoms with Gasteiger partial charge in [-0.05, 0) is 17.0 Å². The van der Waals surface area contributed by atoms with Gasteiger partial charge in [-0.2, -0.15) is 0 Å². The Labute approximate surface area is 204 Å². The Morgan fingerprint density at radius 1 is 1.19 bits per heavy atom. The Morgan fingerprint density at radius 2 is 1.94 bits per heavy atom. The van der Waals surface area contributed by atoms with Gasteiger partial charge < -0.3 is 20.4 Å². The van der Waals surface area contributed by atoms with E-state index in [0.29, 0.717) is 25.5 Å². The fraction of sp³-hybridized carbons (Fsp3) is 0.409. The van der Waals surface area contributed by atoms with Gasteiger partial charge in [0.1, 0.15) is 6.54 Å². The van der Waals surface area contributed by atoms with Gasteiger partial charge >= 0.3 is 0 Å². The molecule has 2 unspecified atom stereocenters. The van der Waals surface area contributed by atoms with Crippen molar-refractivity contribution in [2.45, 2.75) is 19.0 Å². The molecule has 2 aromatic rings. The number of carbonyl (C=O) groups excluding carboxylic acids is 2. The van der Waals surface area contributed by atoms with Gasteiger partial charge in [0.25, 0.3) is 0 Å². The van der Waals surface area contributed by atoms with E-state index in [9.17, 15) is 9.59 Å². The van der Waals surface area contributed by atoms with Crippen molar-refractivity contribution in [2.75, 3.05) is 34.2 Å². The summed E-state index contributed by atoms with van der Waals surface area (Å²) in [7, 11) is 5.29. The lowest BCUT2D eigenvalue weighted by atomic mass is 9.94. The Hall–Kier alpha value is -2.14. The van der Waals surface area contributed by atoms with Gasteiger partial charge in [0, 0.05) is 44.9 Å². The number of halogens is 1. The summed E-state index contributed by atoms with van der Waals surface area (Å²) < 4.78 is 0. The highest BCUT2D eigenvalue weighted by Gasteiger charge is 2.38. The number of benzene rings is 1. The van der Waals surface area contributed by atoms with E-state index in [1.807, 2.05) is 41.6 Å². The first-order chi connectivity index (χ1) is 14.5. The van der Waals surface area contributed by atoms with Crippen molar-refractivity contribution in [3.8, 4) is 0 Å². The summed E-state index contributed by atoms with van der Waals surface area (Å²) in [5.41, 5.74) is 1.13. The van der Waals surface area contributed by atoms with Crippen molar-refractivity contribution in [2.24, 2.45) is 10.9 Å². The molecule has 2 amide bonds. The van der Waals surface area contributed by atoms with E-state index >= 15 is 0 Å². The van der Waals surface area contributed by atoms with E-state index in [1.54, 1.807) is 25.4 Å². The molecule has 1 aliphatic rings. The van der Waals surface area contributed by atoms with Crippen molar-refractivity contribution >= 4 is 53.1 Å². The number of likely N-dealkylation sites (N-methyl/N-ethyl adjacent to an activating group) is 1. The highest BCUT2D eigenvalue weighted by molar-refractivity contribution is 14.0. The largest absolute Gasteiger partial charge is 0.356 e. The number of rotatable bonds is 7. The van der Waals surface area contributed by atoms with Crippen molar-refractivity contribution in [3.05, 3.63) is 58.3 Å². The molecule has 2 N–H and O–H groups in total. The molecule has 1 aliphatic heterocycles. The second kappa shape index (κ2) is 12.0. The molecule has 0 saturated carbocycles. The number of carbonyl (C=O) groups is 2. The van der Waals surface area contributed by atoms with E-state index < -0.39 is 0 Å². The van der Waals surface area contributed by atoms with Crippen LogP contribution in [0, 0.1) is 5.92 Å². The SMILES string of the molecule is CN(C)C(=O)CN=C(NCc1cccs1)NCC1CC(=O)N(C)C1c1ccccc1.I. The maximum Gasteiger partial charge on any atom is 0.243 e. The topological polar surface area (TPSA) is 77.0 Å². The van der Waals surface area contributed by atoms with E-state index in [1.165, 1.54) is 9.78 Å². The number of guanidine groups is 1. The van der Waals surface area contributed by atoms with Crippen LogP contribution in [0.25, 0.3) is 0 Å². The third-order valence-electron chi connectivity index (χ3n) is 5.25. The zero-order valence-electron chi connectivity index (χ0n) is 18.1. The molecule has 7 nitrogen and oxygen atoms in total. The van der Waals surface area contributed by atoms with Crippen LogP contribution in [0.2, 0.25) is 0 Å². The summed E-state index contributed by atoms with van der Waals surface area (Å²) >= 11 is 1.66. The van der Waals surface area contributed by atoms with Crippen LogP contribution in [0.15, 0.2) is 52.8 Å². The molecule has 168 valence electrons. The molecule has 2 heterocycles. The minimum Gasteiger partial charge on any atom is -0.356 e. The van der Waals surface area contributed by atoms with E-state index in [2.05, 4.69) is 33.8 Å². The lowest BCUT2D eigenvalue weighted by molar-refractivity contribution is -0.128. The fourth-order valence-electron chi connectivity index (χ4n) is 3.56. The monoisotopic (exact) mass is 555 g/mol. The van der Waals surface area contributed by atoms with Crippen molar-refractivity contribution in [3.63, 3.8) is 0 Å². The smallest absolute Gasteiger partial charge is 0.243 e. The van der Waals surface area contributed by atoms with Crippen LogP contribution in [0.4, 0.5) is 0 Å². The Bertz CT molecular complexity index is 873. The van der Waals surface area contributed by atoms with Crippen molar-refractivity contribution in [1.82, 2.24) is 20.4 Å². The molecule has 0 aliphatic carbocycles. The number of thiophene rings is 1. The Morgan fingerprint density at radius 3 is 2.58 bits per heavy atom. The maximum atomic E-state index is 12.4. The minimum atomic E-state index is -0.0647. The number of aliphatic imine (C=N–C) groups is 1. The van der Waals surface area contributed by atoms with Crippen LogP contribution in [-0.4, -0.2) is 61.8 Å². The predicted octanol–water partition coefficient (Wildman–Crippen LogP) is 2.71. The van der Waals surface area contributed by atoms with Gasteiger partial charge in [-0.15, -0.1) is 35.3 Å². The number of hydrogen-bond acceptors (Lipinski definition) is 4. The molecule has 3 rings (SSSR count). The zero-order chi connectivity index (χ0) is 21.5. The summed E-state index contributed by atoms with van der Waals surface area (Å²) in [6.07, 6.45) is 0.484.